The summed E-state index contributed by atoms with van der Waals surface area (Å²) in [5, 5.41) is 2.00. The molecule has 0 aliphatic heterocycles. The molecule has 1 unspecified atom stereocenters. The summed E-state index contributed by atoms with van der Waals surface area (Å²) in [4.78, 5) is 27.7. The first-order valence-corrected chi connectivity index (χ1v) is 5.04. The Morgan fingerprint density at radius 1 is 1.67 bits per heavy atom. The molecular formula is C5H12NO5P. The normalized spacial score (nSPS) is 13.7. The number of rotatable bonds is 3. The van der Waals surface area contributed by atoms with E-state index < -0.39 is 19.5 Å². The van der Waals surface area contributed by atoms with E-state index in [1.54, 1.807) is 6.92 Å². The summed E-state index contributed by atoms with van der Waals surface area (Å²) in [6.07, 6.45) is -0.826. The van der Waals surface area contributed by atoms with Crippen molar-refractivity contribution in [2.75, 3.05) is 6.61 Å². The summed E-state index contributed by atoms with van der Waals surface area (Å²) >= 11 is 0. The van der Waals surface area contributed by atoms with Crippen molar-refractivity contribution in [3.05, 3.63) is 0 Å². The van der Waals surface area contributed by atoms with Crippen LogP contribution in [0.2, 0.25) is 0 Å². The molecule has 12 heavy (non-hydrogen) atoms. The highest BCUT2D eigenvalue weighted by atomic mass is 31.2. The molecule has 1 atom stereocenters. The molecule has 0 aromatic heterocycles. The number of amides is 1. The van der Waals surface area contributed by atoms with Crippen LogP contribution in [0, 0.1) is 0 Å². The smallest absolute Gasteiger partial charge is 0.407 e. The molecule has 0 aromatic rings. The molecule has 0 aromatic carbocycles. The Morgan fingerprint density at radius 2 is 2.17 bits per heavy atom. The average molecular weight is 197 g/mol. The van der Waals surface area contributed by atoms with Gasteiger partial charge >= 0.3 is 13.7 Å². The molecule has 72 valence electrons. The highest BCUT2D eigenvalue weighted by molar-refractivity contribution is 7.52. The van der Waals surface area contributed by atoms with Crippen molar-refractivity contribution in [2.45, 2.75) is 19.6 Å². The van der Waals surface area contributed by atoms with Crippen molar-refractivity contribution in [3.63, 3.8) is 0 Å². The van der Waals surface area contributed by atoms with E-state index in [1.807, 2.05) is 5.32 Å². The van der Waals surface area contributed by atoms with Crippen molar-refractivity contribution >= 4 is 13.7 Å². The Kier molecular flexibility index (Phi) is 4.23. The zero-order chi connectivity index (χ0) is 9.78. The SMILES string of the molecule is CCOC(=O)NC(C)P(=O)(O)O. The Hall–Kier alpha value is -0.580. The van der Waals surface area contributed by atoms with Gasteiger partial charge in [-0.1, -0.05) is 0 Å². The van der Waals surface area contributed by atoms with Gasteiger partial charge in [-0.3, -0.25) is 4.57 Å². The summed E-state index contributed by atoms with van der Waals surface area (Å²) in [6.45, 7) is 2.97. The van der Waals surface area contributed by atoms with Crippen molar-refractivity contribution in [2.24, 2.45) is 0 Å². The Bertz CT molecular complexity index is 200. The Morgan fingerprint density at radius 3 is 2.50 bits per heavy atom. The topological polar surface area (TPSA) is 95.9 Å². The zero-order valence-electron chi connectivity index (χ0n) is 6.85. The molecule has 0 bridgehead atoms. The van der Waals surface area contributed by atoms with Crippen molar-refractivity contribution in [3.8, 4) is 0 Å². The van der Waals surface area contributed by atoms with Crippen molar-refractivity contribution in [1.82, 2.24) is 5.32 Å². The molecule has 0 saturated heterocycles. The first-order valence-electron chi connectivity index (χ1n) is 3.36. The van der Waals surface area contributed by atoms with E-state index in [2.05, 4.69) is 4.74 Å². The minimum Gasteiger partial charge on any atom is -0.450 e. The molecule has 0 radical (unpaired) electrons. The van der Waals surface area contributed by atoms with E-state index in [4.69, 9.17) is 9.79 Å². The monoisotopic (exact) mass is 197 g/mol. The molecule has 6 nitrogen and oxygen atoms in total. The van der Waals surface area contributed by atoms with E-state index in [9.17, 15) is 9.36 Å². The summed E-state index contributed by atoms with van der Waals surface area (Å²) in [5.74, 6) is -1.21. The van der Waals surface area contributed by atoms with Gasteiger partial charge in [0.2, 0.25) is 0 Å². The summed E-state index contributed by atoms with van der Waals surface area (Å²) < 4.78 is 14.9. The highest BCUT2D eigenvalue weighted by Crippen LogP contribution is 2.38. The molecule has 7 heteroatoms. The van der Waals surface area contributed by atoms with Gasteiger partial charge in [-0.05, 0) is 13.8 Å². The van der Waals surface area contributed by atoms with Gasteiger partial charge in [0.15, 0.2) is 0 Å². The molecule has 0 rings (SSSR count). The predicted octanol–water partition coefficient (Wildman–Crippen LogP) is 0.256. The van der Waals surface area contributed by atoms with Crippen LogP contribution in [0.25, 0.3) is 0 Å². The zero-order valence-corrected chi connectivity index (χ0v) is 7.75. The molecule has 0 aliphatic carbocycles. The first kappa shape index (κ1) is 11.4. The standard InChI is InChI=1S/C5H12NO5P/c1-3-11-5(7)6-4(2)12(8,9)10/h4H,3H2,1-2H3,(H,6,7)(H2,8,9,10). The number of hydrogen-bond donors (Lipinski definition) is 3. The van der Waals surface area contributed by atoms with Gasteiger partial charge in [0.05, 0.1) is 6.61 Å². The average Bonchev–Trinajstić information content (AvgIpc) is 1.85. The lowest BCUT2D eigenvalue weighted by molar-refractivity contribution is 0.150. The highest BCUT2D eigenvalue weighted by Gasteiger charge is 2.25. The van der Waals surface area contributed by atoms with E-state index in [-0.39, 0.29) is 6.61 Å². The minimum absolute atomic E-state index is 0.166. The number of nitrogens with one attached hydrogen (secondary N) is 1. The lowest BCUT2D eigenvalue weighted by Gasteiger charge is -2.14. The maximum atomic E-state index is 10.6. The van der Waals surface area contributed by atoms with Crippen molar-refractivity contribution < 1.29 is 23.9 Å². The molecule has 0 aliphatic rings. The maximum absolute atomic E-state index is 10.6. The second kappa shape index (κ2) is 4.45. The first-order chi connectivity index (χ1) is 5.38. The van der Waals surface area contributed by atoms with Crippen LogP contribution < -0.4 is 5.32 Å². The summed E-state index contributed by atoms with van der Waals surface area (Å²) in [7, 11) is -4.25. The van der Waals surface area contributed by atoms with Crippen molar-refractivity contribution in [1.29, 1.82) is 0 Å². The third-order valence-corrected chi connectivity index (χ3v) is 2.24. The van der Waals surface area contributed by atoms with Crippen LogP contribution in [-0.4, -0.2) is 28.3 Å². The second-order valence-electron chi connectivity index (χ2n) is 2.13. The van der Waals surface area contributed by atoms with Gasteiger partial charge in [0, 0.05) is 0 Å². The van der Waals surface area contributed by atoms with E-state index in [0.29, 0.717) is 0 Å². The minimum atomic E-state index is -4.25. The van der Waals surface area contributed by atoms with Gasteiger partial charge < -0.3 is 19.8 Å². The van der Waals surface area contributed by atoms with Crippen LogP contribution in [-0.2, 0) is 9.30 Å². The number of alkyl carbamates (subject to hydrolysis) is 1. The van der Waals surface area contributed by atoms with E-state index in [0.717, 1.165) is 0 Å². The number of hydrogen-bond acceptors (Lipinski definition) is 3. The lowest BCUT2D eigenvalue weighted by Crippen LogP contribution is -2.32. The lowest BCUT2D eigenvalue weighted by atomic mass is 10.7. The predicted molar refractivity (Wildman–Crippen MR) is 41.7 cm³/mol. The largest absolute Gasteiger partial charge is 0.450 e. The Balaban J connectivity index is 3.93. The third-order valence-electron chi connectivity index (χ3n) is 1.11. The van der Waals surface area contributed by atoms with Crippen LogP contribution >= 0.6 is 7.60 Å². The number of ether oxygens (including phenoxy) is 1. The van der Waals surface area contributed by atoms with Gasteiger partial charge in [-0.2, -0.15) is 0 Å². The fraction of sp³-hybridized carbons (Fsp3) is 0.800. The fourth-order valence-electron chi connectivity index (χ4n) is 0.427. The van der Waals surface area contributed by atoms with Crippen LogP contribution in [0.15, 0.2) is 0 Å². The van der Waals surface area contributed by atoms with Gasteiger partial charge in [-0.25, -0.2) is 4.79 Å². The number of carbonyl (C=O) groups is 1. The van der Waals surface area contributed by atoms with Gasteiger partial charge in [0.1, 0.15) is 5.78 Å². The molecule has 0 spiro atoms. The number of carbonyl (C=O) groups excluding carboxylic acids is 1. The summed E-state index contributed by atoms with van der Waals surface area (Å²) in [6, 6.07) is 0. The van der Waals surface area contributed by atoms with E-state index >= 15 is 0 Å². The third kappa shape index (κ3) is 4.33. The molecule has 0 heterocycles. The Labute approximate surface area is 70.1 Å². The molecule has 0 saturated carbocycles. The fourth-order valence-corrected chi connectivity index (χ4v) is 0.701. The summed E-state index contributed by atoms with van der Waals surface area (Å²) in [5.41, 5.74) is 0. The van der Waals surface area contributed by atoms with Crippen LogP contribution in [0.4, 0.5) is 4.79 Å². The maximum Gasteiger partial charge on any atom is 0.407 e. The molecule has 1 amide bonds. The second-order valence-corrected chi connectivity index (χ2v) is 4.08. The van der Waals surface area contributed by atoms with Gasteiger partial charge in [-0.15, -0.1) is 0 Å². The van der Waals surface area contributed by atoms with E-state index in [1.165, 1.54) is 6.92 Å². The van der Waals surface area contributed by atoms with Crippen LogP contribution in [0.5, 0.6) is 0 Å². The molecule has 0 fully saturated rings. The molecular weight excluding hydrogens is 185 g/mol. The van der Waals surface area contributed by atoms with Crippen LogP contribution in [0.1, 0.15) is 13.8 Å². The molecule has 3 N–H and O–H groups in total. The van der Waals surface area contributed by atoms with Gasteiger partial charge in [0.25, 0.3) is 0 Å². The van der Waals surface area contributed by atoms with Crippen LogP contribution in [0.3, 0.4) is 0 Å². The quantitative estimate of drug-likeness (QED) is 0.564.